The highest BCUT2D eigenvalue weighted by Gasteiger charge is 2.14. The van der Waals surface area contributed by atoms with E-state index in [0.717, 1.165) is 0 Å². The number of alkyl halides is 1. The third-order valence-corrected chi connectivity index (χ3v) is 2.66. The first-order chi connectivity index (χ1) is 7.65. The Bertz CT molecular complexity index is 331. The van der Waals surface area contributed by atoms with Crippen LogP contribution in [-0.4, -0.2) is 37.3 Å². The zero-order valence-electron chi connectivity index (χ0n) is 10.0. The first-order valence-electron chi connectivity index (χ1n) is 5.19. The predicted octanol–water partition coefficient (Wildman–Crippen LogP) is 2.07. The summed E-state index contributed by atoms with van der Waals surface area (Å²) in [5, 5.41) is 2.80. The van der Waals surface area contributed by atoms with Gasteiger partial charge < -0.3 is 10.2 Å². The van der Waals surface area contributed by atoms with Crippen LogP contribution in [0.3, 0.4) is 0 Å². The lowest BCUT2D eigenvalue weighted by atomic mass is 10.1. The molecule has 96 valence electrons. The van der Waals surface area contributed by atoms with Crippen molar-refractivity contribution in [3.8, 4) is 0 Å². The molecule has 0 saturated heterocycles. The number of rotatable bonds is 5. The Balaban J connectivity index is 0.00000256. The molecule has 1 atom stereocenters. The Morgan fingerprint density at radius 2 is 1.94 bits per heavy atom. The van der Waals surface area contributed by atoms with Gasteiger partial charge in [0.1, 0.15) is 5.88 Å². The van der Waals surface area contributed by atoms with Crippen molar-refractivity contribution in [1.29, 1.82) is 0 Å². The van der Waals surface area contributed by atoms with Gasteiger partial charge in [0.25, 0.3) is 0 Å². The molecule has 3 nitrogen and oxygen atoms in total. The molecule has 0 aliphatic rings. The van der Waals surface area contributed by atoms with Crippen LogP contribution in [0, 0.1) is 0 Å². The number of hydrogen-bond acceptors (Lipinski definition) is 2. The van der Waals surface area contributed by atoms with Gasteiger partial charge in [0.2, 0.25) is 5.91 Å². The maximum absolute atomic E-state index is 11.1. The van der Waals surface area contributed by atoms with Crippen molar-refractivity contribution in [3.05, 3.63) is 35.9 Å². The lowest BCUT2D eigenvalue weighted by Gasteiger charge is -2.24. The molecule has 0 aliphatic carbocycles. The molecular weight excluding hydrogens is 259 g/mol. The number of carbonyl (C=O) groups excluding carboxylic acids is 1. The summed E-state index contributed by atoms with van der Waals surface area (Å²) < 4.78 is 0. The summed E-state index contributed by atoms with van der Waals surface area (Å²) in [6.45, 7) is 0.572. The van der Waals surface area contributed by atoms with Crippen LogP contribution in [0.5, 0.6) is 0 Å². The maximum Gasteiger partial charge on any atom is 0.234 e. The molecule has 0 aromatic heterocycles. The van der Waals surface area contributed by atoms with Gasteiger partial charge in [-0.2, -0.15) is 0 Å². The molecule has 0 bridgehead atoms. The minimum Gasteiger partial charge on any atom is -0.353 e. The average molecular weight is 277 g/mol. The van der Waals surface area contributed by atoms with Crippen molar-refractivity contribution < 1.29 is 4.79 Å². The molecule has 17 heavy (non-hydrogen) atoms. The van der Waals surface area contributed by atoms with Crippen molar-refractivity contribution in [2.45, 2.75) is 6.04 Å². The van der Waals surface area contributed by atoms with E-state index in [4.69, 9.17) is 11.6 Å². The molecular formula is C12H18Cl2N2O. The monoisotopic (exact) mass is 276 g/mol. The molecule has 1 rings (SSSR count). The fourth-order valence-corrected chi connectivity index (χ4v) is 1.63. The minimum atomic E-state index is -0.135. The van der Waals surface area contributed by atoms with Gasteiger partial charge in [-0.05, 0) is 19.7 Å². The van der Waals surface area contributed by atoms with Crippen LogP contribution in [0.4, 0.5) is 0 Å². The Kier molecular flexibility index (Phi) is 7.96. The van der Waals surface area contributed by atoms with Gasteiger partial charge in [-0.25, -0.2) is 0 Å². The van der Waals surface area contributed by atoms with Crippen molar-refractivity contribution in [2.24, 2.45) is 0 Å². The number of amides is 1. The quantitative estimate of drug-likeness (QED) is 0.836. The highest BCUT2D eigenvalue weighted by atomic mass is 35.5. The van der Waals surface area contributed by atoms with Crippen molar-refractivity contribution in [1.82, 2.24) is 10.2 Å². The second kappa shape index (κ2) is 8.34. The van der Waals surface area contributed by atoms with Crippen LogP contribution >= 0.6 is 24.0 Å². The van der Waals surface area contributed by atoms with Crippen LogP contribution in [0.15, 0.2) is 30.3 Å². The Morgan fingerprint density at radius 3 is 2.41 bits per heavy atom. The van der Waals surface area contributed by atoms with Crippen LogP contribution in [-0.2, 0) is 4.79 Å². The Hall–Kier alpha value is -0.770. The molecule has 1 amide bonds. The van der Waals surface area contributed by atoms with Crippen molar-refractivity contribution in [3.63, 3.8) is 0 Å². The molecule has 5 heteroatoms. The van der Waals surface area contributed by atoms with Gasteiger partial charge in [-0.3, -0.25) is 4.79 Å². The van der Waals surface area contributed by atoms with E-state index in [1.165, 1.54) is 5.56 Å². The Labute approximate surface area is 114 Å². The van der Waals surface area contributed by atoms with E-state index in [2.05, 4.69) is 22.3 Å². The normalized spacial score (nSPS) is 11.8. The predicted molar refractivity (Wildman–Crippen MR) is 73.8 cm³/mol. The molecule has 0 fully saturated rings. The van der Waals surface area contributed by atoms with Crippen molar-refractivity contribution >= 4 is 29.9 Å². The van der Waals surface area contributed by atoms with Gasteiger partial charge in [0, 0.05) is 6.54 Å². The number of benzene rings is 1. The molecule has 0 saturated carbocycles. The smallest absolute Gasteiger partial charge is 0.234 e. The number of likely N-dealkylation sites (N-methyl/N-ethyl adjacent to an activating group) is 1. The number of carbonyl (C=O) groups is 1. The van der Waals surface area contributed by atoms with E-state index >= 15 is 0 Å². The minimum absolute atomic E-state index is 0. The standard InChI is InChI=1S/C12H17ClN2O.ClH/c1-15(2)11(9-14-12(16)8-13)10-6-4-3-5-7-10;/h3-7,11H,8-9H2,1-2H3,(H,14,16);1H. The second-order valence-electron chi connectivity index (χ2n) is 3.83. The molecule has 0 heterocycles. The summed E-state index contributed by atoms with van der Waals surface area (Å²) in [7, 11) is 3.98. The molecule has 0 spiro atoms. The summed E-state index contributed by atoms with van der Waals surface area (Å²) in [5.41, 5.74) is 1.18. The zero-order chi connectivity index (χ0) is 12.0. The number of nitrogens with one attached hydrogen (secondary N) is 1. The number of hydrogen-bond donors (Lipinski definition) is 1. The van der Waals surface area contributed by atoms with Crippen molar-refractivity contribution in [2.75, 3.05) is 26.5 Å². The van der Waals surface area contributed by atoms with Crippen LogP contribution < -0.4 is 5.32 Å². The maximum atomic E-state index is 11.1. The van der Waals surface area contributed by atoms with Gasteiger partial charge in [0.05, 0.1) is 6.04 Å². The van der Waals surface area contributed by atoms with Gasteiger partial charge >= 0.3 is 0 Å². The highest BCUT2D eigenvalue weighted by Crippen LogP contribution is 2.16. The second-order valence-corrected chi connectivity index (χ2v) is 4.10. The third-order valence-electron chi connectivity index (χ3n) is 2.42. The molecule has 1 aromatic carbocycles. The summed E-state index contributed by atoms with van der Waals surface area (Å²) in [4.78, 5) is 13.2. The molecule has 0 radical (unpaired) electrons. The van der Waals surface area contributed by atoms with Crippen LogP contribution in [0.1, 0.15) is 11.6 Å². The first-order valence-corrected chi connectivity index (χ1v) is 5.72. The fraction of sp³-hybridized carbons (Fsp3) is 0.417. The SMILES string of the molecule is CN(C)C(CNC(=O)CCl)c1ccccc1.Cl. The fourth-order valence-electron chi connectivity index (χ4n) is 1.53. The molecule has 1 N–H and O–H groups in total. The lowest BCUT2D eigenvalue weighted by Crippen LogP contribution is -2.35. The van der Waals surface area contributed by atoms with Gasteiger partial charge in [-0.15, -0.1) is 24.0 Å². The van der Waals surface area contributed by atoms with E-state index in [1.807, 2.05) is 32.3 Å². The summed E-state index contributed by atoms with van der Waals surface area (Å²) in [5.74, 6) is -0.126. The van der Waals surface area contributed by atoms with Crippen LogP contribution in [0.25, 0.3) is 0 Å². The first kappa shape index (κ1) is 16.2. The molecule has 1 aromatic rings. The molecule has 1 unspecified atom stereocenters. The zero-order valence-corrected chi connectivity index (χ0v) is 11.6. The van der Waals surface area contributed by atoms with Gasteiger partial charge in [-0.1, -0.05) is 30.3 Å². The average Bonchev–Trinajstić information content (AvgIpc) is 2.30. The van der Waals surface area contributed by atoms with E-state index < -0.39 is 0 Å². The molecule has 0 aliphatic heterocycles. The number of halogens is 2. The third kappa shape index (κ3) is 5.39. The topological polar surface area (TPSA) is 32.3 Å². The lowest BCUT2D eigenvalue weighted by molar-refractivity contribution is -0.118. The summed E-state index contributed by atoms with van der Waals surface area (Å²) >= 11 is 5.44. The van der Waals surface area contributed by atoms with E-state index in [0.29, 0.717) is 6.54 Å². The van der Waals surface area contributed by atoms with E-state index in [-0.39, 0.29) is 30.2 Å². The number of nitrogens with zero attached hydrogens (tertiary/aromatic N) is 1. The van der Waals surface area contributed by atoms with Gasteiger partial charge in [0.15, 0.2) is 0 Å². The van der Waals surface area contributed by atoms with Crippen LogP contribution in [0.2, 0.25) is 0 Å². The Morgan fingerprint density at radius 1 is 1.35 bits per heavy atom. The summed E-state index contributed by atoms with van der Waals surface area (Å²) in [6.07, 6.45) is 0. The highest BCUT2D eigenvalue weighted by molar-refractivity contribution is 6.27. The van der Waals surface area contributed by atoms with E-state index in [9.17, 15) is 4.79 Å². The summed E-state index contributed by atoms with van der Waals surface area (Å²) in [6, 6.07) is 10.3. The largest absolute Gasteiger partial charge is 0.353 e. The van der Waals surface area contributed by atoms with E-state index in [1.54, 1.807) is 0 Å².